The molecule has 4 heteroatoms. The average molecular weight is 228 g/mol. The lowest BCUT2D eigenvalue weighted by Gasteiger charge is -1.98. The monoisotopic (exact) mass is 228 g/mol. The van der Waals surface area contributed by atoms with Crippen LogP contribution in [0.5, 0.6) is 5.75 Å². The summed E-state index contributed by atoms with van der Waals surface area (Å²) in [5.41, 5.74) is 1.68. The normalized spacial score (nSPS) is 10.8. The van der Waals surface area contributed by atoms with Crippen molar-refractivity contribution < 1.29 is 5.11 Å². The van der Waals surface area contributed by atoms with Gasteiger partial charge in [0.05, 0.1) is 15.8 Å². The van der Waals surface area contributed by atoms with E-state index in [1.165, 1.54) is 11.3 Å². The fourth-order valence-corrected chi connectivity index (χ4v) is 2.52. The van der Waals surface area contributed by atoms with Crippen LogP contribution in [-0.2, 0) is 0 Å². The lowest BCUT2D eigenvalue weighted by molar-refractivity contribution is 0.477. The van der Waals surface area contributed by atoms with E-state index in [0.29, 0.717) is 0 Å². The van der Waals surface area contributed by atoms with E-state index in [9.17, 15) is 5.11 Å². The van der Waals surface area contributed by atoms with Crippen molar-refractivity contribution >= 4 is 21.6 Å². The predicted octanol–water partition coefficient (Wildman–Crippen LogP) is 3.06. The van der Waals surface area contributed by atoms with Gasteiger partial charge >= 0.3 is 0 Å². The standard InChI is InChI=1S/C12H8N2OS/c15-10-4-2-1-3-8(10)12-14-9-5-6-13-7-11(9)16-12/h1-7,15H. The van der Waals surface area contributed by atoms with E-state index >= 15 is 0 Å². The number of para-hydroxylation sites is 1. The van der Waals surface area contributed by atoms with E-state index in [1.807, 2.05) is 18.2 Å². The Morgan fingerprint density at radius 2 is 2.00 bits per heavy atom. The van der Waals surface area contributed by atoms with Crippen molar-refractivity contribution in [1.29, 1.82) is 0 Å². The van der Waals surface area contributed by atoms with E-state index < -0.39 is 0 Å². The summed E-state index contributed by atoms with van der Waals surface area (Å²) in [4.78, 5) is 8.51. The van der Waals surface area contributed by atoms with Gasteiger partial charge < -0.3 is 5.11 Å². The minimum atomic E-state index is 0.259. The number of rotatable bonds is 1. The Morgan fingerprint density at radius 3 is 2.81 bits per heavy atom. The number of thiazole rings is 1. The molecule has 0 amide bonds. The molecule has 0 unspecified atom stereocenters. The van der Waals surface area contributed by atoms with Gasteiger partial charge in [-0.1, -0.05) is 12.1 Å². The van der Waals surface area contributed by atoms with Gasteiger partial charge in [0.15, 0.2) is 0 Å². The Balaban J connectivity index is 2.23. The van der Waals surface area contributed by atoms with Gasteiger partial charge in [0.1, 0.15) is 10.8 Å². The first-order valence-electron chi connectivity index (χ1n) is 4.83. The van der Waals surface area contributed by atoms with Crippen molar-refractivity contribution in [3.63, 3.8) is 0 Å². The second-order valence-corrected chi connectivity index (χ2v) is 4.41. The molecule has 16 heavy (non-hydrogen) atoms. The SMILES string of the molecule is Oc1ccccc1-c1nc2ccncc2s1. The zero-order valence-corrected chi connectivity index (χ0v) is 9.11. The molecule has 0 saturated carbocycles. The Labute approximate surface area is 96.0 Å². The fraction of sp³-hybridized carbons (Fsp3) is 0. The molecular formula is C12H8N2OS. The molecule has 0 aliphatic heterocycles. The number of pyridine rings is 1. The minimum absolute atomic E-state index is 0.259. The molecule has 0 bridgehead atoms. The molecule has 2 heterocycles. The van der Waals surface area contributed by atoms with Crippen LogP contribution in [0, 0.1) is 0 Å². The number of hydrogen-bond acceptors (Lipinski definition) is 4. The Hall–Kier alpha value is -1.94. The quantitative estimate of drug-likeness (QED) is 0.696. The van der Waals surface area contributed by atoms with E-state index in [4.69, 9.17) is 0 Å². The van der Waals surface area contributed by atoms with Gasteiger partial charge in [0.25, 0.3) is 0 Å². The number of phenolic OH excluding ortho intramolecular Hbond substituents is 1. The number of benzene rings is 1. The Bertz CT molecular complexity index is 615. The summed E-state index contributed by atoms with van der Waals surface area (Å²) < 4.78 is 1.03. The van der Waals surface area contributed by atoms with Crippen LogP contribution in [0.15, 0.2) is 42.7 Å². The highest BCUT2D eigenvalue weighted by molar-refractivity contribution is 7.21. The smallest absolute Gasteiger partial charge is 0.128 e. The molecule has 0 saturated heterocycles. The van der Waals surface area contributed by atoms with Gasteiger partial charge in [-0.3, -0.25) is 4.98 Å². The molecule has 0 atom stereocenters. The lowest BCUT2D eigenvalue weighted by atomic mass is 10.2. The van der Waals surface area contributed by atoms with Crippen LogP contribution in [-0.4, -0.2) is 15.1 Å². The first-order valence-corrected chi connectivity index (χ1v) is 5.65. The maximum Gasteiger partial charge on any atom is 0.128 e. The van der Waals surface area contributed by atoms with E-state index in [-0.39, 0.29) is 5.75 Å². The summed E-state index contributed by atoms with van der Waals surface area (Å²) in [7, 11) is 0. The number of nitrogens with zero attached hydrogens (tertiary/aromatic N) is 2. The maximum atomic E-state index is 9.74. The first-order chi connectivity index (χ1) is 7.84. The van der Waals surface area contributed by atoms with E-state index in [2.05, 4.69) is 9.97 Å². The number of aromatic hydroxyl groups is 1. The van der Waals surface area contributed by atoms with Crippen LogP contribution in [0.2, 0.25) is 0 Å². The Kier molecular flexibility index (Phi) is 2.08. The molecule has 3 aromatic rings. The molecular weight excluding hydrogens is 220 g/mol. The first kappa shape index (κ1) is 9.30. The van der Waals surface area contributed by atoms with Crippen molar-refractivity contribution in [3.8, 4) is 16.3 Å². The summed E-state index contributed by atoms with van der Waals surface area (Å²) in [6.45, 7) is 0. The minimum Gasteiger partial charge on any atom is -0.507 e. The van der Waals surface area contributed by atoms with Crippen LogP contribution >= 0.6 is 11.3 Å². The third kappa shape index (κ3) is 1.44. The van der Waals surface area contributed by atoms with Crippen molar-refractivity contribution in [2.75, 3.05) is 0 Å². The van der Waals surface area contributed by atoms with Crippen molar-refractivity contribution in [1.82, 2.24) is 9.97 Å². The molecule has 0 spiro atoms. The van der Waals surface area contributed by atoms with Gasteiger partial charge in [-0.25, -0.2) is 4.98 Å². The van der Waals surface area contributed by atoms with Crippen molar-refractivity contribution in [2.45, 2.75) is 0 Å². The number of phenols is 1. The molecule has 0 aliphatic rings. The van der Waals surface area contributed by atoms with Gasteiger partial charge in [-0.2, -0.15) is 0 Å². The molecule has 1 aromatic carbocycles. The predicted molar refractivity (Wildman–Crippen MR) is 64.5 cm³/mol. The topological polar surface area (TPSA) is 46.0 Å². The second kappa shape index (κ2) is 3.57. The molecule has 3 nitrogen and oxygen atoms in total. The summed E-state index contributed by atoms with van der Waals surface area (Å²) in [5, 5.41) is 10.6. The molecule has 1 N–H and O–H groups in total. The Morgan fingerprint density at radius 1 is 1.12 bits per heavy atom. The highest BCUT2D eigenvalue weighted by Crippen LogP contribution is 2.34. The number of aromatic nitrogens is 2. The number of fused-ring (bicyclic) bond motifs is 1. The summed E-state index contributed by atoms with van der Waals surface area (Å²) in [6, 6.07) is 9.09. The zero-order valence-electron chi connectivity index (χ0n) is 8.29. The van der Waals surface area contributed by atoms with E-state index in [1.54, 1.807) is 24.5 Å². The van der Waals surface area contributed by atoms with Gasteiger partial charge in [0, 0.05) is 12.4 Å². The molecule has 2 aromatic heterocycles. The van der Waals surface area contributed by atoms with Crippen LogP contribution < -0.4 is 0 Å². The third-order valence-electron chi connectivity index (χ3n) is 2.33. The lowest BCUT2D eigenvalue weighted by Crippen LogP contribution is -1.76. The van der Waals surface area contributed by atoms with Crippen molar-refractivity contribution in [3.05, 3.63) is 42.7 Å². The van der Waals surface area contributed by atoms with E-state index in [0.717, 1.165) is 20.8 Å². The highest BCUT2D eigenvalue weighted by Gasteiger charge is 2.08. The summed E-state index contributed by atoms with van der Waals surface area (Å²) in [5.74, 6) is 0.259. The van der Waals surface area contributed by atoms with Gasteiger partial charge in [-0.05, 0) is 18.2 Å². The van der Waals surface area contributed by atoms with Crippen LogP contribution in [0.25, 0.3) is 20.8 Å². The van der Waals surface area contributed by atoms with Crippen LogP contribution in [0.4, 0.5) is 0 Å². The molecule has 0 aliphatic carbocycles. The molecule has 0 radical (unpaired) electrons. The molecule has 3 rings (SSSR count). The molecule has 0 fully saturated rings. The zero-order chi connectivity index (χ0) is 11.0. The second-order valence-electron chi connectivity index (χ2n) is 3.38. The summed E-state index contributed by atoms with van der Waals surface area (Å²) in [6.07, 6.45) is 3.51. The van der Waals surface area contributed by atoms with Crippen LogP contribution in [0.1, 0.15) is 0 Å². The largest absolute Gasteiger partial charge is 0.507 e. The van der Waals surface area contributed by atoms with Gasteiger partial charge in [-0.15, -0.1) is 11.3 Å². The van der Waals surface area contributed by atoms with Crippen LogP contribution in [0.3, 0.4) is 0 Å². The van der Waals surface area contributed by atoms with Crippen molar-refractivity contribution in [2.24, 2.45) is 0 Å². The van der Waals surface area contributed by atoms with Gasteiger partial charge in [0.2, 0.25) is 0 Å². The third-order valence-corrected chi connectivity index (χ3v) is 3.36. The highest BCUT2D eigenvalue weighted by atomic mass is 32.1. The fourth-order valence-electron chi connectivity index (χ4n) is 1.55. The molecule has 78 valence electrons. The summed E-state index contributed by atoms with van der Waals surface area (Å²) >= 11 is 1.53. The average Bonchev–Trinajstić information content (AvgIpc) is 2.73. The maximum absolute atomic E-state index is 9.74. The number of hydrogen-bond donors (Lipinski definition) is 1.